The van der Waals surface area contributed by atoms with Crippen LogP contribution >= 0.6 is 0 Å². The van der Waals surface area contributed by atoms with E-state index in [2.05, 4.69) is 37.7 Å². The quantitative estimate of drug-likeness (QED) is 0.503. The van der Waals surface area contributed by atoms with Crippen molar-refractivity contribution in [3.63, 3.8) is 0 Å². The number of hydrogen-bond donors (Lipinski definition) is 2. The molecule has 1 aromatic carbocycles. The van der Waals surface area contributed by atoms with Crippen LogP contribution < -0.4 is 20.4 Å². The number of rotatable bonds is 4. The first-order chi connectivity index (χ1) is 16.2. The highest BCUT2D eigenvalue weighted by Gasteiger charge is 2.54. The van der Waals surface area contributed by atoms with E-state index in [-0.39, 0.29) is 11.4 Å². The maximum Gasteiger partial charge on any atom is 0.271 e. The molecule has 5 atom stereocenters. The van der Waals surface area contributed by atoms with Crippen molar-refractivity contribution in [1.29, 1.82) is 0 Å². The molecule has 0 bridgehead atoms. The van der Waals surface area contributed by atoms with Crippen molar-refractivity contribution < 1.29 is 9.53 Å². The van der Waals surface area contributed by atoms with E-state index in [1.807, 2.05) is 12.1 Å². The molecule has 3 fully saturated rings. The summed E-state index contributed by atoms with van der Waals surface area (Å²) < 4.78 is 6.03. The summed E-state index contributed by atoms with van der Waals surface area (Å²) in [5, 5.41) is 4.53. The summed E-state index contributed by atoms with van der Waals surface area (Å²) >= 11 is 0. The van der Waals surface area contributed by atoms with Gasteiger partial charge in [-0.2, -0.15) is 5.10 Å². The van der Waals surface area contributed by atoms with Crippen LogP contribution in [0.1, 0.15) is 68.1 Å². The highest BCUT2D eigenvalue weighted by molar-refractivity contribution is 6.00. The highest BCUT2D eigenvalue weighted by atomic mass is 16.5. The number of nitrogens with two attached hydrogens (primary N) is 1. The van der Waals surface area contributed by atoms with Crippen LogP contribution in [0.5, 0.6) is 5.75 Å². The van der Waals surface area contributed by atoms with Gasteiger partial charge in [-0.15, -0.1) is 0 Å². The average molecular weight is 466 g/mol. The fourth-order valence-electron chi connectivity index (χ4n) is 7.43. The fraction of sp³-hybridized carbons (Fsp3) is 0.643. The van der Waals surface area contributed by atoms with E-state index < -0.39 is 0 Å². The van der Waals surface area contributed by atoms with Crippen LogP contribution in [-0.4, -0.2) is 45.4 Å². The zero-order valence-electron chi connectivity index (χ0n) is 21.3. The number of methoxy groups -OCH3 is 1. The van der Waals surface area contributed by atoms with Crippen LogP contribution in [0.15, 0.2) is 34.9 Å². The molecule has 5 unspecified atom stereocenters. The third-order valence-electron chi connectivity index (χ3n) is 9.22. The molecule has 0 radical (unpaired) electrons. The number of allylic oxidation sites excluding steroid dienone is 1. The predicted molar refractivity (Wildman–Crippen MR) is 138 cm³/mol. The van der Waals surface area contributed by atoms with Gasteiger partial charge in [0, 0.05) is 17.7 Å². The van der Waals surface area contributed by atoms with Crippen molar-refractivity contribution in [2.75, 3.05) is 28.3 Å². The van der Waals surface area contributed by atoms with Crippen molar-refractivity contribution in [3.8, 4) is 5.75 Å². The lowest BCUT2D eigenvalue weighted by Gasteiger charge is -2.56. The van der Waals surface area contributed by atoms with Crippen LogP contribution in [0.2, 0.25) is 0 Å². The summed E-state index contributed by atoms with van der Waals surface area (Å²) in [6.45, 7) is 0. The summed E-state index contributed by atoms with van der Waals surface area (Å²) in [5.74, 6) is 3.42. The number of carbonyl (C=O) groups is 1. The van der Waals surface area contributed by atoms with E-state index in [9.17, 15) is 4.79 Å². The summed E-state index contributed by atoms with van der Waals surface area (Å²) in [6.07, 6.45) is 13.2. The standard InChI is InChI=1S/C28H40N4O2/c1-32(2,3)22-15-20(16-23(17-22)34-4)27(33)31-30-21-9-11-25-19(14-21)8-10-26-24-7-5-6-18(24)12-13-28(25,26)29/h14-18,24-26H,5-13,29H2,1-4H3/p+1/b30-21+. The molecule has 4 aliphatic rings. The van der Waals surface area contributed by atoms with Gasteiger partial charge < -0.3 is 10.5 Å². The Balaban J connectivity index is 1.31. The molecule has 34 heavy (non-hydrogen) atoms. The Morgan fingerprint density at radius 3 is 2.71 bits per heavy atom. The van der Waals surface area contributed by atoms with Crippen molar-refractivity contribution in [1.82, 2.24) is 9.91 Å². The van der Waals surface area contributed by atoms with Gasteiger partial charge in [0.2, 0.25) is 0 Å². The Bertz CT molecular complexity index is 1020. The van der Waals surface area contributed by atoms with E-state index in [0.717, 1.165) is 42.5 Å². The first kappa shape index (κ1) is 23.6. The Labute approximate surface area is 204 Å². The fourth-order valence-corrected chi connectivity index (χ4v) is 7.43. The molecule has 4 aliphatic carbocycles. The lowest BCUT2D eigenvalue weighted by atomic mass is 9.52. The van der Waals surface area contributed by atoms with E-state index >= 15 is 0 Å². The lowest BCUT2D eigenvalue weighted by Crippen LogP contribution is -2.61. The number of fused-ring (bicyclic) bond motifs is 5. The highest BCUT2D eigenvalue weighted by Crippen LogP contribution is 2.57. The molecular formula is C28H41N4O2+. The summed E-state index contributed by atoms with van der Waals surface area (Å²) in [6, 6.07) is 5.64. The molecule has 0 aromatic heterocycles. The maximum atomic E-state index is 12.9. The molecule has 6 nitrogen and oxygen atoms in total. The Morgan fingerprint density at radius 2 is 1.94 bits per heavy atom. The van der Waals surface area contributed by atoms with Gasteiger partial charge in [0.1, 0.15) is 11.4 Å². The van der Waals surface area contributed by atoms with Crippen LogP contribution in [0.3, 0.4) is 0 Å². The molecule has 1 amide bonds. The van der Waals surface area contributed by atoms with Crippen LogP contribution in [0.4, 0.5) is 5.69 Å². The zero-order chi connectivity index (χ0) is 24.1. The third-order valence-corrected chi connectivity index (χ3v) is 9.22. The van der Waals surface area contributed by atoms with Crippen molar-refractivity contribution >= 4 is 17.3 Å². The summed E-state index contributed by atoms with van der Waals surface area (Å²) in [7, 11) is 7.83. The van der Waals surface area contributed by atoms with Gasteiger partial charge in [-0.1, -0.05) is 18.4 Å². The monoisotopic (exact) mass is 465 g/mol. The smallest absolute Gasteiger partial charge is 0.271 e. The van der Waals surface area contributed by atoms with Gasteiger partial charge >= 0.3 is 0 Å². The largest absolute Gasteiger partial charge is 0.497 e. The Kier molecular flexibility index (Phi) is 6.09. The molecule has 184 valence electrons. The second kappa shape index (κ2) is 8.80. The second-order valence-electron chi connectivity index (χ2n) is 11.9. The molecule has 0 spiro atoms. The van der Waals surface area contributed by atoms with Gasteiger partial charge in [0.25, 0.3) is 5.91 Å². The van der Waals surface area contributed by atoms with Crippen LogP contribution in [-0.2, 0) is 0 Å². The second-order valence-corrected chi connectivity index (χ2v) is 11.9. The summed E-state index contributed by atoms with van der Waals surface area (Å²) in [4.78, 5) is 12.9. The van der Waals surface area contributed by atoms with E-state index in [0.29, 0.717) is 27.6 Å². The van der Waals surface area contributed by atoms with Crippen molar-refractivity contribution in [2.24, 2.45) is 34.5 Å². The molecular weight excluding hydrogens is 424 g/mol. The topological polar surface area (TPSA) is 76.7 Å². The van der Waals surface area contributed by atoms with E-state index in [1.54, 1.807) is 13.2 Å². The number of quaternary nitrogens is 1. The van der Waals surface area contributed by atoms with E-state index in [1.165, 1.54) is 44.1 Å². The average Bonchev–Trinajstić information content (AvgIpc) is 3.30. The van der Waals surface area contributed by atoms with Crippen LogP contribution in [0, 0.1) is 23.7 Å². The minimum Gasteiger partial charge on any atom is -0.497 e. The number of nitrogens with zero attached hydrogens (tertiary/aromatic N) is 2. The van der Waals surface area contributed by atoms with Gasteiger partial charge in [-0.25, -0.2) is 5.43 Å². The van der Waals surface area contributed by atoms with E-state index in [4.69, 9.17) is 10.5 Å². The summed E-state index contributed by atoms with van der Waals surface area (Å²) in [5.41, 5.74) is 14.0. The van der Waals surface area contributed by atoms with Crippen LogP contribution in [0.25, 0.3) is 0 Å². The van der Waals surface area contributed by atoms with Gasteiger partial charge in [-0.05, 0) is 80.8 Å². The normalized spacial score (nSPS) is 34.0. The molecule has 0 aliphatic heterocycles. The first-order valence-electron chi connectivity index (χ1n) is 13.1. The molecule has 1 aromatic rings. The van der Waals surface area contributed by atoms with Crippen molar-refractivity contribution in [3.05, 3.63) is 35.4 Å². The minimum absolute atomic E-state index is 0.0352. The number of ether oxygens (including phenoxy) is 1. The number of amides is 1. The minimum atomic E-state index is -0.208. The third kappa shape index (κ3) is 4.20. The number of benzene rings is 1. The number of hydrogen-bond acceptors (Lipinski definition) is 4. The van der Waals surface area contributed by atoms with Gasteiger partial charge in [0.15, 0.2) is 0 Å². The number of nitrogens with one attached hydrogen (secondary N) is 1. The zero-order valence-corrected chi connectivity index (χ0v) is 21.3. The predicted octanol–water partition coefficient (Wildman–Crippen LogP) is 4.63. The molecule has 3 saturated carbocycles. The number of carbonyl (C=O) groups excluding carboxylic acids is 1. The molecule has 3 N–H and O–H groups in total. The van der Waals surface area contributed by atoms with Gasteiger partial charge in [-0.3, -0.25) is 9.28 Å². The first-order valence-corrected chi connectivity index (χ1v) is 13.1. The molecule has 0 heterocycles. The van der Waals surface area contributed by atoms with Gasteiger partial charge in [0.05, 0.1) is 39.5 Å². The SMILES string of the molecule is COc1cc(C(=O)N/N=C2/C=C3CCC4C5CCCC5CCC4(N)C3CC2)cc([N+](C)(C)C)c1. The Hall–Kier alpha value is -2.18. The molecule has 5 rings (SSSR count). The maximum absolute atomic E-state index is 12.9. The lowest BCUT2D eigenvalue weighted by molar-refractivity contribution is 0.0236. The Morgan fingerprint density at radius 1 is 1.12 bits per heavy atom. The van der Waals surface area contributed by atoms with Crippen molar-refractivity contribution in [2.45, 2.75) is 63.3 Å². The molecule has 6 heteroatoms. The molecule has 0 saturated heterocycles. The number of hydrazone groups is 1.